The summed E-state index contributed by atoms with van der Waals surface area (Å²) in [6, 6.07) is 23.3. The molecule has 0 unspecified atom stereocenters. The largest absolute Gasteiger partial charge is 0.439 e. The first-order valence-corrected chi connectivity index (χ1v) is 8.79. The van der Waals surface area contributed by atoms with E-state index in [-0.39, 0.29) is 11.3 Å². The zero-order valence-corrected chi connectivity index (χ0v) is 14.4. The lowest BCUT2D eigenvalue weighted by Gasteiger charge is -2.16. The minimum Gasteiger partial charge on any atom is -0.439 e. The number of amides is 1. The third kappa shape index (κ3) is 3.31. The molecule has 0 spiro atoms. The number of nitrogens with one attached hydrogen (secondary N) is 1. The van der Waals surface area contributed by atoms with Gasteiger partial charge in [0.15, 0.2) is 0 Å². The smallest absolute Gasteiger partial charge is 0.230 e. The van der Waals surface area contributed by atoms with E-state index in [0.29, 0.717) is 12.4 Å². The number of rotatable bonds is 6. The lowest BCUT2D eigenvalue weighted by atomic mass is 9.95. The van der Waals surface area contributed by atoms with Crippen LogP contribution in [0.4, 0.5) is 0 Å². The molecular weight excluding hydrogens is 324 g/mol. The van der Waals surface area contributed by atoms with Crippen LogP contribution >= 0.6 is 0 Å². The summed E-state index contributed by atoms with van der Waals surface area (Å²) in [5.74, 6) is 1.31. The van der Waals surface area contributed by atoms with E-state index < -0.39 is 0 Å². The number of hydrogen-bond donors (Lipinski definition) is 1. The first kappa shape index (κ1) is 16.3. The van der Waals surface area contributed by atoms with Crippen LogP contribution in [0, 0.1) is 0 Å². The molecule has 130 valence electrons. The van der Waals surface area contributed by atoms with Gasteiger partial charge in [-0.3, -0.25) is 4.79 Å². The minimum absolute atomic E-state index is 0.0678. The number of hydrogen-bond acceptors (Lipinski definition) is 3. The van der Waals surface area contributed by atoms with Gasteiger partial charge in [0.1, 0.15) is 5.75 Å². The molecule has 26 heavy (non-hydrogen) atoms. The molecule has 1 aliphatic rings. The molecular formula is C22H20N2O2. The van der Waals surface area contributed by atoms with E-state index in [0.717, 1.165) is 29.7 Å². The molecule has 1 saturated carbocycles. The molecule has 4 nitrogen and oxygen atoms in total. The van der Waals surface area contributed by atoms with Crippen molar-refractivity contribution in [3.63, 3.8) is 0 Å². The van der Waals surface area contributed by atoms with Crippen molar-refractivity contribution in [2.24, 2.45) is 0 Å². The Balaban J connectivity index is 1.46. The highest BCUT2D eigenvalue weighted by Crippen LogP contribution is 2.48. The van der Waals surface area contributed by atoms with Crippen molar-refractivity contribution in [2.75, 3.05) is 0 Å². The molecule has 0 atom stereocenters. The number of benzene rings is 2. The zero-order chi connectivity index (χ0) is 17.8. The standard InChI is InChI=1S/C22H20N2O2/c25-21(22(13-14-22)18-9-3-1-4-10-18)24-16-17-8-7-15-23-20(17)26-19-11-5-2-6-12-19/h1-12,15H,13-14,16H2,(H,24,25). The van der Waals surface area contributed by atoms with Crippen molar-refractivity contribution in [1.29, 1.82) is 0 Å². The Morgan fingerprint density at radius 2 is 1.65 bits per heavy atom. The summed E-state index contributed by atoms with van der Waals surface area (Å²) in [6.45, 7) is 0.392. The highest BCUT2D eigenvalue weighted by Gasteiger charge is 2.50. The van der Waals surface area contributed by atoms with Crippen molar-refractivity contribution < 1.29 is 9.53 Å². The van der Waals surface area contributed by atoms with Gasteiger partial charge in [-0.25, -0.2) is 4.98 Å². The summed E-state index contributed by atoms with van der Waals surface area (Å²) in [5, 5.41) is 3.07. The summed E-state index contributed by atoms with van der Waals surface area (Å²) in [7, 11) is 0. The molecule has 1 aliphatic carbocycles. The van der Waals surface area contributed by atoms with Gasteiger partial charge in [-0.05, 0) is 36.6 Å². The van der Waals surface area contributed by atoms with Crippen molar-refractivity contribution >= 4 is 5.91 Å². The van der Waals surface area contributed by atoms with Crippen LogP contribution < -0.4 is 10.1 Å². The third-order valence-electron chi connectivity index (χ3n) is 4.76. The molecule has 0 saturated heterocycles. The van der Waals surface area contributed by atoms with Gasteiger partial charge in [0.2, 0.25) is 11.8 Å². The first-order valence-electron chi connectivity index (χ1n) is 8.79. The number of pyridine rings is 1. The number of carbonyl (C=O) groups is 1. The van der Waals surface area contributed by atoms with E-state index in [2.05, 4.69) is 10.3 Å². The maximum absolute atomic E-state index is 12.8. The molecule has 1 N–H and O–H groups in total. The average molecular weight is 344 g/mol. The summed E-state index contributed by atoms with van der Waals surface area (Å²) >= 11 is 0. The van der Waals surface area contributed by atoms with E-state index in [9.17, 15) is 4.79 Å². The Labute approximate surface area is 152 Å². The van der Waals surface area contributed by atoms with Crippen LogP contribution in [0.1, 0.15) is 24.0 Å². The highest BCUT2D eigenvalue weighted by atomic mass is 16.5. The molecule has 1 aromatic heterocycles. The predicted molar refractivity (Wildman–Crippen MR) is 100.0 cm³/mol. The molecule has 2 aromatic carbocycles. The fourth-order valence-corrected chi connectivity index (χ4v) is 3.12. The minimum atomic E-state index is -0.371. The second-order valence-electron chi connectivity index (χ2n) is 6.51. The van der Waals surface area contributed by atoms with Gasteiger partial charge in [0.05, 0.1) is 5.41 Å². The third-order valence-corrected chi connectivity index (χ3v) is 4.76. The van der Waals surface area contributed by atoms with Gasteiger partial charge < -0.3 is 10.1 Å². The van der Waals surface area contributed by atoms with Crippen molar-refractivity contribution in [3.8, 4) is 11.6 Å². The Bertz CT molecular complexity index is 890. The number of aromatic nitrogens is 1. The van der Waals surface area contributed by atoms with Crippen LogP contribution in [0.3, 0.4) is 0 Å². The molecule has 4 heteroatoms. The monoisotopic (exact) mass is 344 g/mol. The van der Waals surface area contributed by atoms with Crippen LogP contribution in [0.5, 0.6) is 11.6 Å². The zero-order valence-electron chi connectivity index (χ0n) is 14.4. The molecule has 0 bridgehead atoms. The van der Waals surface area contributed by atoms with E-state index in [1.54, 1.807) is 6.20 Å². The Hall–Kier alpha value is -3.14. The summed E-state index contributed by atoms with van der Waals surface area (Å²) in [4.78, 5) is 17.1. The topological polar surface area (TPSA) is 51.2 Å². The SMILES string of the molecule is O=C(NCc1cccnc1Oc1ccccc1)C1(c2ccccc2)CC1. The van der Waals surface area contributed by atoms with Crippen LogP contribution in [0.2, 0.25) is 0 Å². The number of nitrogens with zero attached hydrogens (tertiary/aromatic N) is 1. The number of para-hydroxylation sites is 1. The highest BCUT2D eigenvalue weighted by molar-refractivity contribution is 5.91. The summed E-state index contributed by atoms with van der Waals surface area (Å²) in [5.41, 5.74) is 1.57. The second kappa shape index (κ2) is 7.00. The van der Waals surface area contributed by atoms with E-state index >= 15 is 0 Å². The predicted octanol–water partition coefficient (Wildman–Crippen LogP) is 4.22. The molecule has 0 aliphatic heterocycles. The van der Waals surface area contributed by atoms with Crippen LogP contribution in [0.25, 0.3) is 0 Å². The molecule has 1 amide bonds. The van der Waals surface area contributed by atoms with Gasteiger partial charge in [0.25, 0.3) is 0 Å². The fourth-order valence-electron chi connectivity index (χ4n) is 3.12. The Kier molecular flexibility index (Phi) is 4.40. The molecule has 0 radical (unpaired) electrons. The van der Waals surface area contributed by atoms with E-state index in [1.165, 1.54) is 0 Å². The molecule has 1 fully saturated rings. The average Bonchev–Trinajstić information content (AvgIpc) is 3.51. The Morgan fingerprint density at radius 3 is 2.35 bits per heavy atom. The van der Waals surface area contributed by atoms with Crippen molar-refractivity contribution in [3.05, 3.63) is 90.1 Å². The lowest BCUT2D eigenvalue weighted by molar-refractivity contribution is -0.123. The molecule has 4 rings (SSSR count). The van der Waals surface area contributed by atoms with Crippen molar-refractivity contribution in [1.82, 2.24) is 10.3 Å². The molecule has 3 aromatic rings. The van der Waals surface area contributed by atoms with Gasteiger partial charge in [0, 0.05) is 18.3 Å². The van der Waals surface area contributed by atoms with Gasteiger partial charge in [-0.1, -0.05) is 54.6 Å². The van der Waals surface area contributed by atoms with Crippen LogP contribution in [0.15, 0.2) is 79.0 Å². The number of carbonyl (C=O) groups excluding carboxylic acids is 1. The summed E-state index contributed by atoms with van der Waals surface area (Å²) < 4.78 is 5.87. The van der Waals surface area contributed by atoms with Gasteiger partial charge in [-0.15, -0.1) is 0 Å². The van der Waals surface area contributed by atoms with Crippen LogP contribution in [-0.4, -0.2) is 10.9 Å². The number of ether oxygens (including phenoxy) is 1. The second-order valence-corrected chi connectivity index (χ2v) is 6.51. The molecule has 1 heterocycles. The maximum Gasteiger partial charge on any atom is 0.230 e. The van der Waals surface area contributed by atoms with Gasteiger partial charge in [-0.2, -0.15) is 0 Å². The normalized spacial score (nSPS) is 14.5. The maximum atomic E-state index is 12.8. The van der Waals surface area contributed by atoms with E-state index in [1.807, 2.05) is 72.8 Å². The van der Waals surface area contributed by atoms with Crippen LogP contribution in [-0.2, 0) is 16.8 Å². The fraction of sp³-hybridized carbons (Fsp3) is 0.182. The van der Waals surface area contributed by atoms with E-state index in [4.69, 9.17) is 4.74 Å². The summed E-state index contributed by atoms with van der Waals surface area (Å²) in [6.07, 6.45) is 3.47. The van der Waals surface area contributed by atoms with Gasteiger partial charge >= 0.3 is 0 Å². The quantitative estimate of drug-likeness (QED) is 0.728. The first-order chi connectivity index (χ1) is 12.8. The lowest BCUT2D eigenvalue weighted by Crippen LogP contribution is -2.34. The van der Waals surface area contributed by atoms with Crippen molar-refractivity contribution in [2.45, 2.75) is 24.8 Å². The Morgan fingerprint density at radius 1 is 0.962 bits per heavy atom.